The topological polar surface area (TPSA) is 21.3 Å². The molecule has 2 nitrogen and oxygen atoms in total. The van der Waals surface area contributed by atoms with Crippen molar-refractivity contribution in [3.8, 4) is 5.75 Å². The Morgan fingerprint density at radius 1 is 1.00 bits per heavy atom. The van der Waals surface area contributed by atoms with Gasteiger partial charge in [0.15, 0.2) is 5.75 Å². The minimum atomic E-state index is -0.119. The van der Waals surface area contributed by atoms with E-state index in [4.69, 9.17) is 27.9 Å². The molecule has 0 bridgehead atoms. The molecule has 2 aromatic carbocycles. The maximum Gasteiger partial charge on any atom is 0.162 e. The van der Waals surface area contributed by atoms with Crippen LogP contribution < -0.4 is 10.1 Å². The molecule has 0 aliphatic carbocycles. The Kier molecular flexibility index (Phi) is 3.06. The van der Waals surface area contributed by atoms with Gasteiger partial charge < -0.3 is 10.1 Å². The molecule has 0 amide bonds. The number of para-hydroxylation sites is 1. The van der Waals surface area contributed by atoms with Crippen molar-refractivity contribution in [2.75, 3.05) is 11.9 Å². The lowest BCUT2D eigenvalue weighted by Gasteiger charge is -2.28. The summed E-state index contributed by atoms with van der Waals surface area (Å²) in [6.45, 7) is 0.678. The van der Waals surface area contributed by atoms with Gasteiger partial charge in [-0.05, 0) is 18.2 Å². The third-order valence-corrected chi connectivity index (χ3v) is 3.60. The van der Waals surface area contributed by atoms with E-state index in [0.717, 1.165) is 11.3 Å². The second-order valence-corrected chi connectivity index (χ2v) is 4.94. The van der Waals surface area contributed by atoms with Crippen LogP contribution in [-0.2, 0) is 0 Å². The molecular formula is C14H11Cl2NO. The molecule has 0 radical (unpaired) electrons. The number of halogens is 2. The van der Waals surface area contributed by atoms with Crippen LogP contribution in [0, 0.1) is 0 Å². The fraction of sp³-hybridized carbons (Fsp3) is 0.143. The van der Waals surface area contributed by atoms with Crippen molar-refractivity contribution in [2.24, 2.45) is 0 Å². The highest BCUT2D eigenvalue weighted by Crippen LogP contribution is 2.40. The standard InChI is InChI=1S/C14H11Cl2NO/c15-10-5-2-1-4-9(10)13-8-17-12-7-3-6-11(16)14(12)18-13/h1-7,13,17H,8H2. The van der Waals surface area contributed by atoms with Crippen LogP contribution in [0.2, 0.25) is 10.0 Å². The summed E-state index contributed by atoms with van der Waals surface area (Å²) in [5.41, 5.74) is 1.89. The average molecular weight is 280 g/mol. The van der Waals surface area contributed by atoms with E-state index in [0.29, 0.717) is 22.3 Å². The summed E-state index contributed by atoms with van der Waals surface area (Å²) < 4.78 is 5.95. The van der Waals surface area contributed by atoms with Crippen molar-refractivity contribution in [1.29, 1.82) is 0 Å². The largest absolute Gasteiger partial charge is 0.480 e. The lowest BCUT2D eigenvalue weighted by molar-refractivity contribution is 0.211. The molecule has 1 atom stereocenters. The maximum atomic E-state index is 6.18. The summed E-state index contributed by atoms with van der Waals surface area (Å²) in [5, 5.41) is 4.63. The van der Waals surface area contributed by atoms with Crippen molar-refractivity contribution >= 4 is 28.9 Å². The summed E-state index contributed by atoms with van der Waals surface area (Å²) >= 11 is 12.3. The smallest absolute Gasteiger partial charge is 0.162 e. The fourth-order valence-electron chi connectivity index (χ4n) is 2.06. The molecule has 0 spiro atoms. The average Bonchev–Trinajstić information content (AvgIpc) is 2.40. The summed E-state index contributed by atoms with van der Waals surface area (Å²) in [6, 6.07) is 13.4. The first-order valence-electron chi connectivity index (χ1n) is 5.69. The number of nitrogens with one attached hydrogen (secondary N) is 1. The lowest BCUT2D eigenvalue weighted by Crippen LogP contribution is -2.24. The van der Waals surface area contributed by atoms with E-state index in [-0.39, 0.29) is 6.10 Å². The zero-order valence-corrected chi connectivity index (χ0v) is 11.0. The van der Waals surface area contributed by atoms with Gasteiger partial charge in [0.1, 0.15) is 6.10 Å². The van der Waals surface area contributed by atoms with Gasteiger partial charge in [-0.25, -0.2) is 0 Å². The van der Waals surface area contributed by atoms with Gasteiger partial charge in [0.25, 0.3) is 0 Å². The molecule has 0 saturated heterocycles. The van der Waals surface area contributed by atoms with Gasteiger partial charge in [-0.15, -0.1) is 0 Å². The minimum absolute atomic E-state index is 0.119. The first-order chi connectivity index (χ1) is 8.75. The Bertz CT molecular complexity index is 586. The third kappa shape index (κ3) is 2.02. The summed E-state index contributed by atoms with van der Waals surface area (Å²) in [5.74, 6) is 0.690. The Morgan fingerprint density at radius 3 is 2.61 bits per heavy atom. The monoisotopic (exact) mass is 279 g/mol. The van der Waals surface area contributed by atoms with Gasteiger partial charge in [0, 0.05) is 10.6 Å². The molecule has 1 unspecified atom stereocenters. The molecule has 4 heteroatoms. The van der Waals surface area contributed by atoms with Crippen LogP contribution in [0.1, 0.15) is 11.7 Å². The Balaban J connectivity index is 1.96. The highest BCUT2D eigenvalue weighted by Gasteiger charge is 2.24. The number of hydrogen-bond acceptors (Lipinski definition) is 2. The molecule has 1 heterocycles. The van der Waals surface area contributed by atoms with Crippen molar-refractivity contribution in [3.05, 3.63) is 58.1 Å². The van der Waals surface area contributed by atoms with Gasteiger partial charge in [-0.1, -0.05) is 47.5 Å². The number of ether oxygens (including phenoxy) is 1. The van der Waals surface area contributed by atoms with E-state index in [1.165, 1.54) is 0 Å². The maximum absolute atomic E-state index is 6.18. The van der Waals surface area contributed by atoms with E-state index in [1.807, 2.05) is 42.5 Å². The van der Waals surface area contributed by atoms with Crippen LogP contribution in [0.25, 0.3) is 0 Å². The molecule has 0 aromatic heterocycles. The van der Waals surface area contributed by atoms with Crippen LogP contribution in [0.3, 0.4) is 0 Å². The van der Waals surface area contributed by atoms with E-state index in [9.17, 15) is 0 Å². The molecule has 18 heavy (non-hydrogen) atoms. The molecule has 92 valence electrons. The van der Waals surface area contributed by atoms with Crippen LogP contribution in [0.4, 0.5) is 5.69 Å². The van der Waals surface area contributed by atoms with Gasteiger partial charge in [-0.2, -0.15) is 0 Å². The van der Waals surface area contributed by atoms with Crippen LogP contribution >= 0.6 is 23.2 Å². The number of hydrogen-bond donors (Lipinski definition) is 1. The first kappa shape index (κ1) is 11.7. The predicted octanol–water partition coefficient (Wildman–Crippen LogP) is 4.54. The third-order valence-electron chi connectivity index (χ3n) is 2.96. The number of fused-ring (bicyclic) bond motifs is 1. The van der Waals surface area contributed by atoms with E-state index in [2.05, 4.69) is 5.32 Å². The van der Waals surface area contributed by atoms with Crippen molar-refractivity contribution in [3.63, 3.8) is 0 Å². The van der Waals surface area contributed by atoms with Crippen molar-refractivity contribution in [1.82, 2.24) is 0 Å². The zero-order chi connectivity index (χ0) is 12.5. The first-order valence-corrected chi connectivity index (χ1v) is 6.45. The fourth-order valence-corrected chi connectivity index (χ4v) is 2.54. The lowest BCUT2D eigenvalue weighted by atomic mass is 10.1. The van der Waals surface area contributed by atoms with Crippen LogP contribution in [0.5, 0.6) is 5.75 Å². The summed E-state index contributed by atoms with van der Waals surface area (Å²) in [4.78, 5) is 0. The van der Waals surface area contributed by atoms with Gasteiger partial charge in [-0.3, -0.25) is 0 Å². The number of benzene rings is 2. The molecular weight excluding hydrogens is 269 g/mol. The molecule has 1 aliphatic heterocycles. The molecule has 2 aromatic rings. The van der Waals surface area contributed by atoms with E-state index >= 15 is 0 Å². The van der Waals surface area contributed by atoms with Crippen molar-refractivity contribution in [2.45, 2.75) is 6.10 Å². The number of anilines is 1. The zero-order valence-electron chi connectivity index (χ0n) is 9.49. The Morgan fingerprint density at radius 2 is 1.78 bits per heavy atom. The normalized spacial score (nSPS) is 17.6. The van der Waals surface area contributed by atoms with E-state index < -0.39 is 0 Å². The highest BCUT2D eigenvalue weighted by molar-refractivity contribution is 6.32. The molecule has 1 N–H and O–H groups in total. The predicted molar refractivity (Wildman–Crippen MR) is 74.8 cm³/mol. The number of rotatable bonds is 1. The molecule has 0 fully saturated rings. The Labute approximate surface area is 115 Å². The second-order valence-electron chi connectivity index (χ2n) is 4.13. The van der Waals surface area contributed by atoms with Crippen LogP contribution in [0.15, 0.2) is 42.5 Å². The summed E-state index contributed by atoms with van der Waals surface area (Å²) in [7, 11) is 0. The molecule has 0 saturated carbocycles. The Hall–Kier alpha value is -1.38. The van der Waals surface area contributed by atoms with Crippen molar-refractivity contribution < 1.29 is 4.74 Å². The van der Waals surface area contributed by atoms with Gasteiger partial charge >= 0.3 is 0 Å². The highest BCUT2D eigenvalue weighted by atomic mass is 35.5. The SMILES string of the molecule is Clc1ccccc1C1CNc2cccc(Cl)c2O1. The van der Waals surface area contributed by atoms with Gasteiger partial charge in [0.2, 0.25) is 0 Å². The molecule has 1 aliphatic rings. The van der Waals surface area contributed by atoms with E-state index in [1.54, 1.807) is 0 Å². The van der Waals surface area contributed by atoms with Gasteiger partial charge in [0.05, 0.1) is 17.3 Å². The van der Waals surface area contributed by atoms with Crippen LogP contribution in [-0.4, -0.2) is 6.54 Å². The minimum Gasteiger partial charge on any atom is -0.480 e. The molecule has 3 rings (SSSR count). The second kappa shape index (κ2) is 4.71. The summed E-state index contributed by atoms with van der Waals surface area (Å²) in [6.07, 6.45) is -0.119. The quantitative estimate of drug-likeness (QED) is 0.828.